The highest BCUT2D eigenvalue weighted by Crippen LogP contribution is 2.42. The quantitative estimate of drug-likeness (QED) is 0.338. The normalized spacial score (nSPS) is 22.3. The van der Waals surface area contributed by atoms with Crippen molar-refractivity contribution >= 4 is 23.4 Å². The highest BCUT2D eigenvalue weighted by atomic mass is 16.2. The maximum atomic E-state index is 13.2. The van der Waals surface area contributed by atoms with Crippen LogP contribution < -0.4 is 10.6 Å². The third-order valence-electron chi connectivity index (χ3n) is 9.25. The second-order valence-corrected chi connectivity index (χ2v) is 13.5. The van der Waals surface area contributed by atoms with Crippen molar-refractivity contribution in [1.82, 2.24) is 14.7 Å². The van der Waals surface area contributed by atoms with Gasteiger partial charge in [0.1, 0.15) is 5.82 Å². The molecule has 2 saturated heterocycles. The van der Waals surface area contributed by atoms with Crippen molar-refractivity contribution in [3.05, 3.63) is 71.4 Å². The smallest absolute Gasteiger partial charge is 0.324 e. The summed E-state index contributed by atoms with van der Waals surface area (Å²) >= 11 is 0. The first-order chi connectivity index (χ1) is 19.6. The summed E-state index contributed by atoms with van der Waals surface area (Å²) in [6.07, 6.45) is 8.83. The van der Waals surface area contributed by atoms with E-state index in [1.807, 2.05) is 42.5 Å². The Balaban J connectivity index is 1.11. The number of rotatable bonds is 6. The van der Waals surface area contributed by atoms with Crippen molar-refractivity contribution < 1.29 is 9.59 Å². The molecule has 3 aromatic rings. The lowest BCUT2D eigenvalue weighted by Gasteiger charge is -2.42. The van der Waals surface area contributed by atoms with Crippen LogP contribution in [0.2, 0.25) is 0 Å². The Morgan fingerprint density at radius 2 is 1.63 bits per heavy atom. The predicted octanol–water partition coefficient (Wildman–Crippen LogP) is 7.23. The fourth-order valence-corrected chi connectivity index (χ4v) is 6.79. The van der Waals surface area contributed by atoms with Crippen LogP contribution in [-0.4, -0.2) is 38.7 Å². The molecule has 1 aromatic heterocycles. The summed E-state index contributed by atoms with van der Waals surface area (Å²) in [5, 5.41) is 10.9. The van der Waals surface area contributed by atoms with Crippen LogP contribution in [0.1, 0.15) is 82.5 Å². The molecule has 2 aliphatic heterocycles. The van der Waals surface area contributed by atoms with E-state index in [-0.39, 0.29) is 11.4 Å². The lowest BCUT2D eigenvalue weighted by molar-refractivity contribution is -0.143. The SMILES string of the molecule is Cc1ccc(-n2nc(C(C)(C)C)cc2NC(=O)Nc2cccc(CC3CC4CCC(C3)N4C(=O)C3CCC3)c2)cc1. The van der Waals surface area contributed by atoms with Gasteiger partial charge < -0.3 is 10.2 Å². The zero-order valence-electron chi connectivity index (χ0n) is 24.8. The zero-order chi connectivity index (χ0) is 28.7. The van der Waals surface area contributed by atoms with E-state index in [0.29, 0.717) is 35.6 Å². The number of aromatic nitrogens is 2. The molecule has 2 unspecified atom stereocenters. The number of nitrogens with zero attached hydrogens (tertiary/aromatic N) is 3. The molecule has 7 heteroatoms. The van der Waals surface area contributed by atoms with Crippen LogP contribution in [0.4, 0.5) is 16.3 Å². The Hall–Kier alpha value is -3.61. The minimum absolute atomic E-state index is 0.155. The molecule has 6 rings (SSSR count). The van der Waals surface area contributed by atoms with Crippen LogP contribution in [0.5, 0.6) is 0 Å². The van der Waals surface area contributed by atoms with Crippen molar-refractivity contribution in [2.45, 2.75) is 96.6 Å². The molecule has 3 heterocycles. The predicted molar refractivity (Wildman–Crippen MR) is 164 cm³/mol. The summed E-state index contributed by atoms with van der Waals surface area (Å²) in [6.45, 7) is 8.40. The van der Waals surface area contributed by atoms with Gasteiger partial charge in [0.15, 0.2) is 0 Å². The first-order valence-electron chi connectivity index (χ1n) is 15.3. The van der Waals surface area contributed by atoms with Crippen LogP contribution in [-0.2, 0) is 16.6 Å². The second-order valence-electron chi connectivity index (χ2n) is 13.5. The molecule has 0 spiro atoms. The number of aryl methyl sites for hydroxylation is 1. The summed E-state index contributed by atoms with van der Waals surface area (Å²) in [4.78, 5) is 28.5. The molecule has 3 aliphatic rings. The molecule has 7 nitrogen and oxygen atoms in total. The number of amides is 3. The van der Waals surface area contributed by atoms with Gasteiger partial charge >= 0.3 is 6.03 Å². The molecular weight excluding hydrogens is 510 g/mol. The van der Waals surface area contributed by atoms with Crippen molar-refractivity contribution in [2.75, 3.05) is 10.6 Å². The number of piperidine rings is 1. The van der Waals surface area contributed by atoms with Crippen LogP contribution in [0, 0.1) is 18.8 Å². The average Bonchev–Trinajstić information content (AvgIpc) is 3.42. The van der Waals surface area contributed by atoms with Crippen LogP contribution in [0.15, 0.2) is 54.6 Å². The lowest BCUT2D eigenvalue weighted by Crippen LogP contribution is -2.50. The van der Waals surface area contributed by atoms with Gasteiger partial charge in [-0.3, -0.25) is 10.1 Å². The number of hydrogen-bond acceptors (Lipinski definition) is 3. The summed E-state index contributed by atoms with van der Waals surface area (Å²) in [5.41, 5.74) is 4.83. The van der Waals surface area contributed by atoms with E-state index in [4.69, 9.17) is 5.10 Å². The minimum atomic E-state index is -0.295. The number of carbonyl (C=O) groups excluding carboxylic acids is 2. The lowest BCUT2D eigenvalue weighted by atomic mass is 9.81. The molecule has 41 heavy (non-hydrogen) atoms. The van der Waals surface area contributed by atoms with E-state index in [2.05, 4.69) is 55.4 Å². The minimum Gasteiger partial charge on any atom is -0.336 e. The Kier molecular flexibility index (Phi) is 7.39. The number of hydrogen-bond donors (Lipinski definition) is 2. The van der Waals surface area contributed by atoms with Crippen molar-refractivity contribution in [3.8, 4) is 5.69 Å². The van der Waals surface area contributed by atoms with Gasteiger partial charge in [-0.15, -0.1) is 0 Å². The van der Waals surface area contributed by atoms with Gasteiger partial charge in [-0.05, 0) is 87.6 Å². The Labute approximate surface area is 243 Å². The van der Waals surface area contributed by atoms with E-state index in [1.54, 1.807) is 4.68 Å². The van der Waals surface area contributed by atoms with Crippen molar-refractivity contribution in [3.63, 3.8) is 0 Å². The molecule has 3 amide bonds. The first-order valence-corrected chi connectivity index (χ1v) is 15.3. The largest absolute Gasteiger partial charge is 0.336 e. The molecule has 2 aromatic carbocycles. The van der Waals surface area contributed by atoms with E-state index in [9.17, 15) is 9.59 Å². The first kappa shape index (κ1) is 27.6. The summed E-state index contributed by atoms with van der Waals surface area (Å²) in [5.74, 6) is 1.92. The molecule has 1 aliphatic carbocycles. The Morgan fingerprint density at radius 1 is 0.927 bits per heavy atom. The van der Waals surface area contributed by atoms with Crippen molar-refractivity contribution in [2.24, 2.45) is 11.8 Å². The molecule has 3 fully saturated rings. The van der Waals surface area contributed by atoms with E-state index in [0.717, 1.165) is 62.0 Å². The maximum Gasteiger partial charge on any atom is 0.324 e. The van der Waals surface area contributed by atoms with Gasteiger partial charge in [-0.2, -0.15) is 5.10 Å². The molecule has 0 radical (unpaired) electrons. The third kappa shape index (κ3) is 5.90. The number of benzene rings is 2. The maximum absolute atomic E-state index is 13.2. The number of nitrogens with one attached hydrogen (secondary N) is 2. The highest BCUT2D eigenvalue weighted by molar-refractivity contribution is 5.99. The molecule has 2 atom stereocenters. The van der Waals surface area contributed by atoms with E-state index >= 15 is 0 Å². The fourth-order valence-electron chi connectivity index (χ4n) is 6.79. The fraction of sp³-hybridized carbons (Fsp3) is 0.500. The average molecular weight is 554 g/mol. The van der Waals surface area contributed by atoms with Gasteiger partial charge in [-0.25, -0.2) is 9.48 Å². The van der Waals surface area contributed by atoms with Gasteiger partial charge in [0.25, 0.3) is 0 Å². The van der Waals surface area contributed by atoms with Crippen LogP contribution >= 0.6 is 0 Å². The van der Waals surface area contributed by atoms with Gasteiger partial charge in [0, 0.05) is 35.2 Å². The Bertz CT molecular complexity index is 1400. The second kappa shape index (κ2) is 11.0. The topological polar surface area (TPSA) is 79.3 Å². The van der Waals surface area contributed by atoms with Gasteiger partial charge in [0.2, 0.25) is 5.91 Å². The van der Waals surface area contributed by atoms with E-state index < -0.39 is 0 Å². The monoisotopic (exact) mass is 553 g/mol. The zero-order valence-corrected chi connectivity index (χ0v) is 24.8. The van der Waals surface area contributed by atoms with E-state index in [1.165, 1.54) is 17.5 Å². The molecule has 1 saturated carbocycles. The summed E-state index contributed by atoms with van der Waals surface area (Å²) < 4.78 is 1.80. The van der Waals surface area contributed by atoms with Crippen molar-refractivity contribution in [1.29, 1.82) is 0 Å². The van der Waals surface area contributed by atoms with Crippen LogP contribution in [0.25, 0.3) is 5.69 Å². The molecule has 216 valence electrons. The number of anilines is 2. The van der Waals surface area contributed by atoms with Gasteiger partial charge in [-0.1, -0.05) is 57.0 Å². The number of urea groups is 1. The standard InChI is InChI=1S/C34H43N5O2/c1-22-11-13-27(14-12-22)39-31(21-30(37-39)34(2,3)4)36-33(41)35-26-10-5-7-23(18-26)17-24-19-28-15-16-29(20-24)38(28)32(40)25-8-6-9-25/h5,7,10-14,18,21,24-25,28-29H,6,8-9,15-17,19-20H2,1-4H3,(H2,35,36,41). The number of fused-ring (bicyclic) bond motifs is 2. The molecule has 2 N–H and O–H groups in total. The summed E-state index contributed by atoms with van der Waals surface area (Å²) in [6, 6.07) is 18.8. The highest BCUT2D eigenvalue weighted by Gasteiger charge is 2.45. The number of carbonyl (C=O) groups is 2. The molecular formula is C34H43N5O2. The van der Waals surface area contributed by atoms with Gasteiger partial charge in [0.05, 0.1) is 11.4 Å². The summed E-state index contributed by atoms with van der Waals surface area (Å²) in [7, 11) is 0. The third-order valence-corrected chi connectivity index (χ3v) is 9.25. The Morgan fingerprint density at radius 3 is 2.27 bits per heavy atom. The molecule has 2 bridgehead atoms. The van der Waals surface area contributed by atoms with Crippen LogP contribution in [0.3, 0.4) is 0 Å².